The lowest BCUT2D eigenvalue weighted by Gasteiger charge is -2.10. The van der Waals surface area contributed by atoms with Gasteiger partial charge in [-0.05, 0) is 37.8 Å². The molecule has 0 bridgehead atoms. The van der Waals surface area contributed by atoms with Crippen molar-refractivity contribution >= 4 is 5.78 Å². The summed E-state index contributed by atoms with van der Waals surface area (Å²) in [5, 5.41) is 3.36. The van der Waals surface area contributed by atoms with Gasteiger partial charge in [0.05, 0.1) is 0 Å². The minimum Gasteiger partial charge on any atom is -0.316 e. The Bertz CT molecular complexity index is 203. The molecule has 1 N–H and O–H groups in total. The molecule has 2 fully saturated rings. The first-order valence-electron chi connectivity index (χ1n) is 6.57. The van der Waals surface area contributed by atoms with Gasteiger partial charge in [0.2, 0.25) is 0 Å². The molecular formula is C13H23NO. The zero-order valence-electron chi connectivity index (χ0n) is 9.63. The smallest absolute Gasteiger partial charge is 0.133 e. The van der Waals surface area contributed by atoms with E-state index in [1.807, 2.05) is 0 Å². The highest BCUT2D eigenvalue weighted by Crippen LogP contribution is 2.28. The van der Waals surface area contributed by atoms with Gasteiger partial charge in [0.25, 0.3) is 0 Å². The van der Waals surface area contributed by atoms with Crippen LogP contribution in [0.4, 0.5) is 0 Å². The summed E-state index contributed by atoms with van der Waals surface area (Å²) in [7, 11) is 0. The van der Waals surface area contributed by atoms with Crippen molar-refractivity contribution in [3.05, 3.63) is 0 Å². The van der Waals surface area contributed by atoms with Gasteiger partial charge in [0.1, 0.15) is 5.78 Å². The monoisotopic (exact) mass is 209 g/mol. The molecule has 1 saturated heterocycles. The normalized spacial score (nSPS) is 27.3. The van der Waals surface area contributed by atoms with Crippen molar-refractivity contribution in [2.45, 2.75) is 51.4 Å². The highest BCUT2D eigenvalue weighted by Gasteiger charge is 2.20. The number of ketones is 1. The Hall–Kier alpha value is -0.370. The predicted octanol–water partition coefficient (Wildman–Crippen LogP) is 2.53. The number of carbonyl (C=O) groups is 1. The summed E-state index contributed by atoms with van der Waals surface area (Å²) < 4.78 is 0. The zero-order valence-corrected chi connectivity index (χ0v) is 9.63. The van der Waals surface area contributed by atoms with E-state index in [4.69, 9.17) is 0 Å². The first kappa shape index (κ1) is 11.1. The maximum absolute atomic E-state index is 11.7. The summed E-state index contributed by atoms with van der Waals surface area (Å²) >= 11 is 0. The first-order chi connectivity index (χ1) is 7.34. The molecule has 1 atom stereocenters. The Kier molecular flexibility index (Phi) is 4.18. The molecular weight excluding hydrogens is 186 g/mol. The molecule has 1 heterocycles. The van der Waals surface area contributed by atoms with Crippen LogP contribution >= 0.6 is 0 Å². The molecule has 2 heteroatoms. The van der Waals surface area contributed by atoms with Gasteiger partial charge in [-0.15, -0.1) is 0 Å². The molecule has 1 aliphatic heterocycles. The van der Waals surface area contributed by atoms with Gasteiger partial charge in [-0.2, -0.15) is 0 Å². The first-order valence-corrected chi connectivity index (χ1v) is 6.57. The Morgan fingerprint density at radius 1 is 1.13 bits per heavy atom. The molecule has 0 aromatic heterocycles. The van der Waals surface area contributed by atoms with E-state index in [2.05, 4.69) is 5.32 Å². The topological polar surface area (TPSA) is 29.1 Å². The standard InChI is InChI=1S/C13H23NO/c15-13(9-11-3-1-2-4-11)6-5-12-7-8-14-10-12/h11-12,14H,1-10H2. The van der Waals surface area contributed by atoms with E-state index in [0.29, 0.717) is 5.78 Å². The fraction of sp³-hybridized carbons (Fsp3) is 0.923. The van der Waals surface area contributed by atoms with Gasteiger partial charge in [-0.3, -0.25) is 4.79 Å². The van der Waals surface area contributed by atoms with E-state index < -0.39 is 0 Å². The van der Waals surface area contributed by atoms with Crippen LogP contribution in [0.1, 0.15) is 51.4 Å². The quantitative estimate of drug-likeness (QED) is 0.754. The van der Waals surface area contributed by atoms with Crippen molar-refractivity contribution in [1.29, 1.82) is 0 Å². The fourth-order valence-electron chi connectivity index (χ4n) is 2.96. The van der Waals surface area contributed by atoms with Crippen molar-refractivity contribution in [2.24, 2.45) is 11.8 Å². The highest BCUT2D eigenvalue weighted by atomic mass is 16.1. The average molecular weight is 209 g/mol. The molecule has 15 heavy (non-hydrogen) atoms. The van der Waals surface area contributed by atoms with Crippen LogP contribution in [0.15, 0.2) is 0 Å². The number of Topliss-reactive ketones (excluding diaryl/α,β-unsaturated/α-hetero) is 1. The molecule has 0 spiro atoms. The molecule has 2 nitrogen and oxygen atoms in total. The summed E-state index contributed by atoms with van der Waals surface area (Å²) in [6.45, 7) is 2.29. The number of rotatable bonds is 5. The molecule has 2 rings (SSSR count). The van der Waals surface area contributed by atoms with Crippen LogP contribution in [0.25, 0.3) is 0 Å². The number of carbonyl (C=O) groups excluding carboxylic acids is 1. The van der Waals surface area contributed by atoms with E-state index in [1.54, 1.807) is 0 Å². The van der Waals surface area contributed by atoms with Crippen molar-refractivity contribution in [3.63, 3.8) is 0 Å². The van der Waals surface area contributed by atoms with E-state index in [9.17, 15) is 4.79 Å². The highest BCUT2D eigenvalue weighted by molar-refractivity contribution is 5.78. The van der Waals surface area contributed by atoms with Gasteiger partial charge < -0.3 is 5.32 Å². The van der Waals surface area contributed by atoms with Crippen LogP contribution in [0.3, 0.4) is 0 Å². The Morgan fingerprint density at radius 3 is 2.60 bits per heavy atom. The SMILES string of the molecule is O=C(CCC1CCNC1)CC1CCCC1. The van der Waals surface area contributed by atoms with Gasteiger partial charge in [-0.25, -0.2) is 0 Å². The molecule has 86 valence electrons. The molecule has 0 radical (unpaired) electrons. The third-order valence-electron chi connectivity index (χ3n) is 3.98. The Morgan fingerprint density at radius 2 is 1.93 bits per heavy atom. The van der Waals surface area contributed by atoms with Crippen LogP contribution in [0, 0.1) is 11.8 Å². The lowest BCUT2D eigenvalue weighted by atomic mass is 9.95. The van der Waals surface area contributed by atoms with Crippen molar-refractivity contribution in [2.75, 3.05) is 13.1 Å². The number of nitrogens with one attached hydrogen (secondary N) is 1. The van der Waals surface area contributed by atoms with Crippen LogP contribution in [0.2, 0.25) is 0 Å². The minimum absolute atomic E-state index is 0.522. The minimum atomic E-state index is 0.522. The average Bonchev–Trinajstić information content (AvgIpc) is 2.86. The third-order valence-corrected chi connectivity index (χ3v) is 3.98. The summed E-state index contributed by atoms with van der Waals surface area (Å²) in [4.78, 5) is 11.7. The van der Waals surface area contributed by atoms with E-state index >= 15 is 0 Å². The van der Waals surface area contributed by atoms with E-state index in [1.165, 1.54) is 32.1 Å². The van der Waals surface area contributed by atoms with E-state index in [-0.39, 0.29) is 0 Å². The van der Waals surface area contributed by atoms with Crippen molar-refractivity contribution in [1.82, 2.24) is 5.32 Å². The van der Waals surface area contributed by atoms with Crippen LogP contribution in [-0.4, -0.2) is 18.9 Å². The lowest BCUT2D eigenvalue weighted by Crippen LogP contribution is -2.11. The zero-order chi connectivity index (χ0) is 10.5. The van der Waals surface area contributed by atoms with Crippen molar-refractivity contribution in [3.8, 4) is 0 Å². The summed E-state index contributed by atoms with van der Waals surface area (Å²) in [5.74, 6) is 2.03. The second-order valence-electron chi connectivity index (χ2n) is 5.29. The summed E-state index contributed by atoms with van der Waals surface area (Å²) in [5.41, 5.74) is 0. The number of hydrogen-bond acceptors (Lipinski definition) is 2. The maximum Gasteiger partial charge on any atom is 0.133 e. The number of hydrogen-bond donors (Lipinski definition) is 1. The van der Waals surface area contributed by atoms with Gasteiger partial charge in [0.15, 0.2) is 0 Å². The van der Waals surface area contributed by atoms with Crippen LogP contribution in [0.5, 0.6) is 0 Å². The van der Waals surface area contributed by atoms with Crippen molar-refractivity contribution < 1.29 is 4.79 Å². The molecule has 2 aliphatic rings. The van der Waals surface area contributed by atoms with Gasteiger partial charge >= 0.3 is 0 Å². The third kappa shape index (κ3) is 3.60. The molecule has 0 aromatic rings. The molecule has 0 amide bonds. The summed E-state index contributed by atoms with van der Waals surface area (Å²) in [6.07, 6.45) is 9.42. The molecule has 1 unspecified atom stereocenters. The van der Waals surface area contributed by atoms with Gasteiger partial charge in [0, 0.05) is 12.8 Å². The van der Waals surface area contributed by atoms with E-state index in [0.717, 1.165) is 44.2 Å². The summed E-state index contributed by atoms with van der Waals surface area (Å²) in [6, 6.07) is 0. The maximum atomic E-state index is 11.7. The second kappa shape index (κ2) is 5.64. The van der Waals surface area contributed by atoms with Crippen LogP contribution < -0.4 is 5.32 Å². The Balaban J connectivity index is 1.59. The molecule has 1 saturated carbocycles. The predicted molar refractivity (Wildman–Crippen MR) is 61.8 cm³/mol. The van der Waals surface area contributed by atoms with Gasteiger partial charge in [-0.1, -0.05) is 25.7 Å². The lowest BCUT2D eigenvalue weighted by molar-refractivity contribution is -0.120. The largest absolute Gasteiger partial charge is 0.316 e. The second-order valence-corrected chi connectivity index (χ2v) is 5.29. The van der Waals surface area contributed by atoms with Crippen LogP contribution in [-0.2, 0) is 4.79 Å². The fourth-order valence-corrected chi connectivity index (χ4v) is 2.96. The molecule has 1 aliphatic carbocycles. The Labute approximate surface area is 92.8 Å². The molecule has 0 aromatic carbocycles.